The third-order valence-electron chi connectivity index (χ3n) is 3.63. The van der Waals surface area contributed by atoms with Crippen LogP contribution in [-0.4, -0.2) is 12.9 Å². The van der Waals surface area contributed by atoms with E-state index in [2.05, 4.69) is 0 Å². The van der Waals surface area contributed by atoms with Crippen LogP contribution in [0, 0.1) is 0 Å². The van der Waals surface area contributed by atoms with Crippen molar-refractivity contribution in [2.45, 2.75) is 6.61 Å². The first-order chi connectivity index (χ1) is 12.6. The number of carbonyl (C=O) groups excluding carboxylic acids is 1. The van der Waals surface area contributed by atoms with Gasteiger partial charge in [-0.05, 0) is 60.7 Å². The van der Waals surface area contributed by atoms with E-state index in [-0.39, 0.29) is 5.78 Å². The summed E-state index contributed by atoms with van der Waals surface area (Å²) in [5.41, 5.74) is 0.554. The van der Waals surface area contributed by atoms with Crippen LogP contribution in [0.25, 0.3) is 6.08 Å². The average molecular weight is 369 g/mol. The van der Waals surface area contributed by atoms with Crippen molar-refractivity contribution in [3.8, 4) is 11.5 Å². The fourth-order valence-corrected chi connectivity index (χ4v) is 2.40. The minimum Gasteiger partial charge on any atom is -0.497 e. The molecule has 0 saturated carbocycles. The van der Waals surface area contributed by atoms with Gasteiger partial charge < -0.3 is 13.9 Å². The largest absolute Gasteiger partial charge is 0.497 e. The molecule has 0 aliphatic carbocycles. The number of hydrogen-bond acceptors (Lipinski definition) is 4. The second kappa shape index (κ2) is 8.41. The molecular weight excluding hydrogens is 352 g/mol. The zero-order valence-corrected chi connectivity index (χ0v) is 14.9. The van der Waals surface area contributed by atoms with Crippen LogP contribution in [-0.2, 0) is 6.61 Å². The first-order valence-corrected chi connectivity index (χ1v) is 8.35. The number of ether oxygens (including phenoxy) is 2. The maximum atomic E-state index is 12.2. The van der Waals surface area contributed by atoms with Crippen LogP contribution < -0.4 is 9.47 Å². The Labute approximate surface area is 156 Å². The third kappa shape index (κ3) is 4.77. The summed E-state index contributed by atoms with van der Waals surface area (Å²) in [7, 11) is 1.57. The molecule has 0 fully saturated rings. The van der Waals surface area contributed by atoms with E-state index in [1.807, 2.05) is 6.07 Å². The molecule has 0 bridgehead atoms. The summed E-state index contributed by atoms with van der Waals surface area (Å²) in [4.78, 5) is 12.2. The highest BCUT2D eigenvalue weighted by molar-refractivity contribution is 6.30. The van der Waals surface area contributed by atoms with Gasteiger partial charge in [0.25, 0.3) is 0 Å². The number of rotatable bonds is 7. The summed E-state index contributed by atoms with van der Waals surface area (Å²) in [5, 5.41) is 0.656. The molecule has 2 aromatic carbocycles. The Morgan fingerprint density at radius 3 is 2.65 bits per heavy atom. The molecular formula is C21H17ClO4. The van der Waals surface area contributed by atoms with Crippen LogP contribution in [0.2, 0.25) is 5.02 Å². The molecule has 3 rings (SSSR count). The van der Waals surface area contributed by atoms with E-state index >= 15 is 0 Å². The molecule has 132 valence electrons. The van der Waals surface area contributed by atoms with Crippen molar-refractivity contribution in [1.82, 2.24) is 0 Å². The molecule has 0 aliphatic heterocycles. The van der Waals surface area contributed by atoms with E-state index in [9.17, 15) is 4.79 Å². The fraction of sp³-hybridized carbons (Fsp3) is 0.0952. The van der Waals surface area contributed by atoms with Crippen LogP contribution in [0.3, 0.4) is 0 Å². The molecule has 0 unspecified atom stereocenters. The quantitative estimate of drug-likeness (QED) is 0.413. The molecule has 0 radical (unpaired) electrons. The van der Waals surface area contributed by atoms with Gasteiger partial charge in [-0.25, -0.2) is 0 Å². The molecule has 1 heterocycles. The van der Waals surface area contributed by atoms with Gasteiger partial charge in [-0.1, -0.05) is 23.7 Å². The summed E-state index contributed by atoms with van der Waals surface area (Å²) in [5.74, 6) is 2.46. The number of hydrogen-bond donors (Lipinski definition) is 0. The maximum absolute atomic E-state index is 12.2. The molecule has 0 spiro atoms. The molecule has 4 nitrogen and oxygen atoms in total. The van der Waals surface area contributed by atoms with E-state index < -0.39 is 0 Å². The number of ketones is 1. The van der Waals surface area contributed by atoms with Crippen LogP contribution >= 0.6 is 11.6 Å². The Morgan fingerprint density at radius 1 is 1.08 bits per heavy atom. The molecule has 0 aliphatic rings. The van der Waals surface area contributed by atoms with E-state index in [0.717, 1.165) is 0 Å². The lowest BCUT2D eigenvalue weighted by Gasteiger charge is -2.03. The third-order valence-corrected chi connectivity index (χ3v) is 3.88. The van der Waals surface area contributed by atoms with E-state index in [0.29, 0.717) is 40.2 Å². The number of benzene rings is 2. The van der Waals surface area contributed by atoms with E-state index in [1.165, 1.54) is 6.08 Å². The van der Waals surface area contributed by atoms with Crippen molar-refractivity contribution in [3.63, 3.8) is 0 Å². The Bertz CT molecular complexity index is 910. The van der Waals surface area contributed by atoms with Gasteiger partial charge >= 0.3 is 0 Å². The van der Waals surface area contributed by atoms with Gasteiger partial charge in [0.2, 0.25) is 0 Å². The number of allylic oxidation sites excluding steroid dienone is 1. The Morgan fingerprint density at radius 2 is 1.88 bits per heavy atom. The van der Waals surface area contributed by atoms with Gasteiger partial charge in [-0.15, -0.1) is 0 Å². The predicted octanol–water partition coefficient (Wildman–Crippen LogP) is 5.42. The lowest BCUT2D eigenvalue weighted by molar-refractivity contribution is 0.104. The van der Waals surface area contributed by atoms with Crippen molar-refractivity contribution in [1.29, 1.82) is 0 Å². The molecule has 26 heavy (non-hydrogen) atoms. The van der Waals surface area contributed by atoms with Gasteiger partial charge in [0.15, 0.2) is 5.78 Å². The van der Waals surface area contributed by atoms with Crippen LogP contribution in [0.5, 0.6) is 11.5 Å². The van der Waals surface area contributed by atoms with Crippen molar-refractivity contribution < 1.29 is 18.7 Å². The summed E-state index contributed by atoms with van der Waals surface area (Å²) in [6.07, 6.45) is 3.10. The predicted molar refractivity (Wildman–Crippen MR) is 101 cm³/mol. The van der Waals surface area contributed by atoms with Gasteiger partial charge in [-0.3, -0.25) is 4.79 Å². The second-order valence-corrected chi connectivity index (χ2v) is 5.91. The van der Waals surface area contributed by atoms with Crippen LogP contribution in [0.1, 0.15) is 21.9 Å². The minimum absolute atomic E-state index is 0.126. The van der Waals surface area contributed by atoms with Crippen LogP contribution in [0.15, 0.2) is 71.2 Å². The zero-order chi connectivity index (χ0) is 18.4. The Kier molecular flexibility index (Phi) is 5.77. The maximum Gasteiger partial charge on any atom is 0.186 e. The highest BCUT2D eigenvalue weighted by Gasteiger charge is 2.05. The highest BCUT2D eigenvalue weighted by Crippen LogP contribution is 2.18. The number of methoxy groups -OCH3 is 1. The Hall–Kier alpha value is -2.98. The lowest BCUT2D eigenvalue weighted by Crippen LogP contribution is -1.94. The molecule has 0 saturated heterocycles. The normalized spacial score (nSPS) is 10.8. The van der Waals surface area contributed by atoms with Crippen molar-refractivity contribution in [2.75, 3.05) is 7.11 Å². The molecule has 1 aromatic heterocycles. The molecule has 0 atom stereocenters. The van der Waals surface area contributed by atoms with Gasteiger partial charge in [-0.2, -0.15) is 0 Å². The average Bonchev–Trinajstić information content (AvgIpc) is 3.13. The monoisotopic (exact) mass is 368 g/mol. The van der Waals surface area contributed by atoms with E-state index in [1.54, 1.807) is 67.8 Å². The summed E-state index contributed by atoms with van der Waals surface area (Å²) < 4.78 is 16.4. The fourth-order valence-electron chi connectivity index (χ4n) is 2.28. The lowest BCUT2D eigenvalue weighted by atomic mass is 10.1. The number of furan rings is 1. The van der Waals surface area contributed by atoms with Gasteiger partial charge in [0.1, 0.15) is 29.6 Å². The molecule has 5 heteroatoms. The van der Waals surface area contributed by atoms with Crippen molar-refractivity contribution >= 4 is 23.5 Å². The summed E-state index contributed by atoms with van der Waals surface area (Å²) in [6, 6.07) is 17.7. The minimum atomic E-state index is -0.126. The van der Waals surface area contributed by atoms with Crippen LogP contribution in [0.4, 0.5) is 0 Å². The number of carbonyl (C=O) groups is 1. The van der Waals surface area contributed by atoms with Gasteiger partial charge in [0, 0.05) is 10.6 Å². The Balaban J connectivity index is 1.59. The second-order valence-electron chi connectivity index (χ2n) is 5.48. The summed E-state index contributed by atoms with van der Waals surface area (Å²) in [6.45, 7) is 0.291. The molecule has 0 amide bonds. The highest BCUT2D eigenvalue weighted by atomic mass is 35.5. The SMILES string of the molecule is COc1cccc(C(=O)/C=C/c2ccc(COc3ccc(Cl)cc3)o2)c1. The van der Waals surface area contributed by atoms with Crippen molar-refractivity contribution in [3.05, 3.63) is 88.8 Å². The number of halogens is 1. The first-order valence-electron chi connectivity index (χ1n) is 7.97. The summed E-state index contributed by atoms with van der Waals surface area (Å²) >= 11 is 5.84. The smallest absolute Gasteiger partial charge is 0.186 e. The zero-order valence-electron chi connectivity index (χ0n) is 14.1. The topological polar surface area (TPSA) is 48.7 Å². The molecule has 3 aromatic rings. The standard InChI is InChI=1S/C21H17ClO4/c1-24-19-4-2-3-15(13-19)21(23)12-11-18-9-10-20(26-18)14-25-17-7-5-16(22)6-8-17/h2-13H,14H2,1H3/b12-11+. The van der Waals surface area contributed by atoms with E-state index in [4.69, 9.17) is 25.5 Å². The van der Waals surface area contributed by atoms with Gasteiger partial charge in [0.05, 0.1) is 7.11 Å². The molecule has 0 N–H and O–H groups in total. The first kappa shape index (κ1) is 17.8. The van der Waals surface area contributed by atoms with Crippen molar-refractivity contribution in [2.24, 2.45) is 0 Å².